The topological polar surface area (TPSA) is 81.7 Å². The Balaban J connectivity index is 3.57. The van der Waals surface area contributed by atoms with Gasteiger partial charge in [-0.2, -0.15) is 0 Å². The molecule has 0 aliphatic heterocycles. The minimum absolute atomic E-state index is 0.00512. The van der Waals surface area contributed by atoms with Crippen LogP contribution in [-0.2, 0) is 23.9 Å². The third-order valence-corrected chi connectivity index (χ3v) is 1.52. The summed E-state index contributed by atoms with van der Waals surface area (Å²) in [5, 5.41) is 2.33. The number of rotatable bonds is 6. The van der Waals surface area contributed by atoms with E-state index in [0.29, 0.717) is 0 Å². The lowest BCUT2D eigenvalue weighted by Crippen LogP contribution is -2.30. The maximum Gasteiger partial charge on any atom is 0.325 e. The quantitative estimate of drug-likeness (QED) is 0.613. The average molecular weight is 217 g/mol. The first kappa shape index (κ1) is 13.4. The molecule has 6 nitrogen and oxygen atoms in total. The van der Waals surface area contributed by atoms with Crippen molar-refractivity contribution in [2.75, 3.05) is 20.3 Å². The molecule has 6 heteroatoms. The molecule has 0 aromatic carbocycles. The Hall–Kier alpha value is -1.59. The van der Waals surface area contributed by atoms with Crippen LogP contribution in [0.1, 0.15) is 19.8 Å². The number of ether oxygens (including phenoxy) is 2. The highest BCUT2D eigenvalue weighted by Gasteiger charge is 2.08. The number of methoxy groups -OCH3 is 1. The molecule has 15 heavy (non-hydrogen) atoms. The van der Waals surface area contributed by atoms with Gasteiger partial charge in [-0.15, -0.1) is 0 Å². The van der Waals surface area contributed by atoms with Crippen LogP contribution in [0, 0.1) is 0 Å². The fourth-order valence-electron chi connectivity index (χ4n) is 0.789. The van der Waals surface area contributed by atoms with Gasteiger partial charge in [-0.1, -0.05) is 0 Å². The van der Waals surface area contributed by atoms with E-state index in [1.54, 1.807) is 6.92 Å². The molecule has 0 aliphatic carbocycles. The van der Waals surface area contributed by atoms with Crippen molar-refractivity contribution >= 4 is 17.8 Å². The van der Waals surface area contributed by atoms with Crippen molar-refractivity contribution in [2.45, 2.75) is 19.8 Å². The lowest BCUT2D eigenvalue weighted by molar-refractivity contribution is -0.143. The number of carbonyl (C=O) groups excluding carboxylic acids is 3. The molecule has 0 saturated heterocycles. The van der Waals surface area contributed by atoms with Crippen LogP contribution in [0.5, 0.6) is 0 Å². The molecule has 0 fully saturated rings. The van der Waals surface area contributed by atoms with E-state index in [4.69, 9.17) is 0 Å². The minimum atomic E-state index is -0.496. The summed E-state index contributed by atoms with van der Waals surface area (Å²) in [6, 6.07) is 0. The molecule has 0 saturated carbocycles. The molecule has 0 aromatic rings. The zero-order chi connectivity index (χ0) is 11.7. The Morgan fingerprint density at radius 3 is 2.33 bits per heavy atom. The van der Waals surface area contributed by atoms with Gasteiger partial charge in [0, 0.05) is 6.42 Å². The summed E-state index contributed by atoms with van der Waals surface area (Å²) >= 11 is 0. The fraction of sp³-hybridized carbons (Fsp3) is 0.667. The van der Waals surface area contributed by atoms with Gasteiger partial charge in [-0.05, 0) is 6.92 Å². The highest BCUT2D eigenvalue weighted by molar-refractivity contribution is 5.84. The van der Waals surface area contributed by atoms with E-state index in [1.165, 1.54) is 7.11 Å². The molecule has 0 unspecified atom stereocenters. The first-order valence-corrected chi connectivity index (χ1v) is 4.59. The summed E-state index contributed by atoms with van der Waals surface area (Å²) < 4.78 is 8.95. The van der Waals surface area contributed by atoms with Crippen molar-refractivity contribution in [1.82, 2.24) is 5.32 Å². The van der Waals surface area contributed by atoms with E-state index in [0.717, 1.165) is 0 Å². The van der Waals surface area contributed by atoms with E-state index in [1.807, 2.05) is 0 Å². The van der Waals surface area contributed by atoms with Crippen molar-refractivity contribution in [3.05, 3.63) is 0 Å². The Morgan fingerprint density at radius 1 is 1.13 bits per heavy atom. The van der Waals surface area contributed by atoms with Crippen LogP contribution in [0.2, 0.25) is 0 Å². The van der Waals surface area contributed by atoms with Gasteiger partial charge in [0.1, 0.15) is 6.54 Å². The van der Waals surface area contributed by atoms with E-state index in [9.17, 15) is 14.4 Å². The standard InChI is InChI=1S/C9H15NO5/c1-3-15-9(13)6-10-7(11)4-5-8(12)14-2/h3-6H2,1-2H3,(H,10,11). The molecule has 86 valence electrons. The molecule has 0 atom stereocenters. The third-order valence-electron chi connectivity index (χ3n) is 1.52. The Morgan fingerprint density at radius 2 is 1.80 bits per heavy atom. The molecular formula is C9H15NO5. The highest BCUT2D eigenvalue weighted by atomic mass is 16.5. The fourth-order valence-corrected chi connectivity index (χ4v) is 0.789. The summed E-state index contributed by atoms with van der Waals surface area (Å²) in [7, 11) is 1.25. The largest absolute Gasteiger partial charge is 0.469 e. The normalized spacial score (nSPS) is 9.20. The van der Waals surface area contributed by atoms with Crippen molar-refractivity contribution in [3.8, 4) is 0 Å². The summed E-state index contributed by atoms with van der Waals surface area (Å²) in [6.07, 6.45) is 0.0111. The predicted octanol–water partition coefficient (Wildman–Crippen LogP) is -0.381. The zero-order valence-electron chi connectivity index (χ0n) is 8.87. The molecule has 1 amide bonds. The van der Waals surface area contributed by atoms with Crippen molar-refractivity contribution < 1.29 is 23.9 Å². The number of hydrogen-bond acceptors (Lipinski definition) is 5. The van der Waals surface area contributed by atoms with Crippen LogP contribution < -0.4 is 5.32 Å². The summed E-state index contributed by atoms with van der Waals surface area (Å²) in [4.78, 5) is 32.5. The Bertz CT molecular complexity index is 239. The summed E-state index contributed by atoms with van der Waals surface area (Å²) in [6.45, 7) is 1.78. The van der Waals surface area contributed by atoms with E-state index < -0.39 is 11.9 Å². The van der Waals surface area contributed by atoms with Crippen LogP contribution >= 0.6 is 0 Å². The highest BCUT2D eigenvalue weighted by Crippen LogP contribution is 1.91. The second-order valence-electron chi connectivity index (χ2n) is 2.66. The van der Waals surface area contributed by atoms with E-state index in [2.05, 4.69) is 14.8 Å². The average Bonchev–Trinajstić information content (AvgIpc) is 2.23. The number of carbonyl (C=O) groups is 3. The van der Waals surface area contributed by atoms with Gasteiger partial charge >= 0.3 is 11.9 Å². The van der Waals surface area contributed by atoms with Crippen LogP contribution in [0.15, 0.2) is 0 Å². The van der Waals surface area contributed by atoms with Gasteiger partial charge in [0.15, 0.2) is 0 Å². The lowest BCUT2D eigenvalue weighted by Gasteiger charge is -2.04. The second kappa shape index (κ2) is 7.78. The van der Waals surface area contributed by atoms with Crippen molar-refractivity contribution in [1.29, 1.82) is 0 Å². The third kappa shape index (κ3) is 7.48. The van der Waals surface area contributed by atoms with Crippen LogP contribution in [-0.4, -0.2) is 38.1 Å². The van der Waals surface area contributed by atoms with Crippen LogP contribution in [0.3, 0.4) is 0 Å². The number of esters is 2. The van der Waals surface area contributed by atoms with E-state index in [-0.39, 0.29) is 31.9 Å². The lowest BCUT2D eigenvalue weighted by atomic mass is 10.3. The predicted molar refractivity (Wildman–Crippen MR) is 50.9 cm³/mol. The van der Waals surface area contributed by atoms with Gasteiger partial charge in [0.05, 0.1) is 20.1 Å². The van der Waals surface area contributed by atoms with Gasteiger partial charge in [-0.3, -0.25) is 14.4 Å². The molecule has 0 spiro atoms. The first-order valence-electron chi connectivity index (χ1n) is 4.59. The molecule has 0 rings (SSSR count). The van der Waals surface area contributed by atoms with Gasteiger partial charge in [0.2, 0.25) is 5.91 Å². The summed E-state index contributed by atoms with van der Waals surface area (Å²) in [5.74, 6) is -1.33. The summed E-state index contributed by atoms with van der Waals surface area (Å²) in [5.41, 5.74) is 0. The van der Waals surface area contributed by atoms with Crippen molar-refractivity contribution in [2.24, 2.45) is 0 Å². The maximum atomic E-state index is 11.0. The monoisotopic (exact) mass is 217 g/mol. The molecule has 1 N–H and O–H groups in total. The Kier molecular flexibility index (Phi) is 6.96. The molecule has 0 heterocycles. The van der Waals surface area contributed by atoms with Gasteiger partial charge in [-0.25, -0.2) is 0 Å². The second-order valence-corrected chi connectivity index (χ2v) is 2.66. The SMILES string of the molecule is CCOC(=O)CNC(=O)CCC(=O)OC. The molecular weight excluding hydrogens is 202 g/mol. The number of amides is 1. The van der Waals surface area contributed by atoms with Crippen LogP contribution in [0.4, 0.5) is 0 Å². The molecule has 0 radical (unpaired) electrons. The number of hydrogen-bond donors (Lipinski definition) is 1. The van der Waals surface area contributed by atoms with E-state index >= 15 is 0 Å². The van der Waals surface area contributed by atoms with Gasteiger partial charge in [0.25, 0.3) is 0 Å². The van der Waals surface area contributed by atoms with Crippen LogP contribution in [0.25, 0.3) is 0 Å². The smallest absolute Gasteiger partial charge is 0.325 e. The minimum Gasteiger partial charge on any atom is -0.469 e. The zero-order valence-corrected chi connectivity index (χ0v) is 8.87. The molecule has 0 bridgehead atoms. The molecule has 0 aromatic heterocycles. The van der Waals surface area contributed by atoms with Gasteiger partial charge < -0.3 is 14.8 Å². The Labute approximate surface area is 87.9 Å². The number of nitrogens with one attached hydrogen (secondary N) is 1. The first-order chi connectivity index (χ1) is 7.10. The molecule has 0 aliphatic rings. The maximum absolute atomic E-state index is 11.0. The van der Waals surface area contributed by atoms with Crippen molar-refractivity contribution in [3.63, 3.8) is 0 Å².